The minimum absolute atomic E-state index is 0.344. The fraction of sp³-hybridized carbons (Fsp3) is 0.923. The highest BCUT2D eigenvalue weighted by Crippen LogP contribution is 2.30. The van der Waals surface area contributed by atoms with Crippen molar-refractivity contribution in [3.8, 4) is 0 Å². The van der Waals surface area contributed by atoms with Gasteiger partial charge in [0.05, 0.1) is 13.6 Å². The van der Waals surface area contributed by atoms with Crippen LogP contribution in [0, 0.1) is 0 Å². The molecule has 2 fully saturated rings. The van der Waals surface area contributed by atoms with E-state index in [0.29, 0.717) is 5.54 Å². The molecule has 1 aromatic rings. The predicted octanol–water partition coefficient (Wildman–Crippen LogP) is 0.708. The van der Waals surface area contributed by atoms with Crippen LogP contribution >= 0.6 is 0 Å². The third kappa shape index (κ3) is 3.12. The van der Waals surface area contributed by atoms with Gasteiger partial charge in [0, 0.05) is 12.1 Å². The molecule has 1 spiro atoms. The SMILES string of the molecule is Cn1nnc(CN2CCCNC3(CCCCC3)C2)n1. The monoisotopic (exact) mass is 264 g/mol. The molecule has 0 radical (unpaired) electrons. The van der Waals surface area contributed by atoms with Gasteiger partial charge in [-0.25, -0.2) is 0 Å². The molecule has 6 nitrogen and oxygen atoms in total. The van der Waals surface area contributed by atoms with Crippen molar-refractivity contribution in [3.63, 3.8) is 0 Å². The molecule has 0 unspecified atom stereocenters. The number of nitrogens with zero attached hydrogens (tertiary/aromatic N) is 5. The molecule has 0 amide bonds. The second-order valence-corrected chi connectivity index (χ2v) is 6.03. The van der Waals surface area contributed by atoms with Gasteiger partial charge in [0.25, 0.3) is 0 Å². The molecule has 1 aromatic heterocycles. The summed E-state index contributed by atoms with van der Waals surface area (Å²) < 4.78 is 0. The Morgan fingerprint density at radius 3 is 2.79 bits per heavy atom. The van der Waals surface area contributed by atoms with E-state index in [9.17, 15) is 0 Å². The summed E-state index contributed by atoms with van der Waals surface area (Å²) in [6.07, 6.45) is 7.97. The molecule has 1 saturated heterocycles. The lowest BCUT2D eigenvalue weighted by atomic mass is 9.81. The molecule has 1 aliphatic heterocycles. The van der Waals surface area contributed by atoms with Crippen LogP contribution in [0.2, 0.25) is 0 Å². The van der Waals surface area contributed by atoms with Gasteiger partial charge < -0.3 is 5.32 Å². The molecule has 0 bridgehead atoms. The molecule has 2 heterocycles. The van der Waals surface area contributed by atoms with Crippen LogP contribution < -0.4 is 5.32 Å². The number of hydrogen-bond acceptors (Lipinski definition) is 5. The van der Waals surface area contributed by atoms with Crippen molar-refractivity contribution in [2.45, 2.75) is 50.6 Å². The van der Waals surface area contributed by atoms with Crippen LogP contribution in [-0.2, 0) is 13.6 Å². The van der Waals surface area contributed by atoms with E-state index < -0.39 is 0 Å². The minimum atomic E-state index is 0.344. The number of hydrogen-bond donors (Lipinski definition) is 1. The van der Waals surface area contributed by atoms with E-state index in [-0.39, 0.29) is 0 Å². The maximum absolute atomic E-state index is 4.30. The van der Waals surface area contributed by atoms with Crippen LogP contribution in [0.15, 0.2) is 0 Å². The molecule has 6 heteroatoms. The Morgan fingerprint density at radius 2 is 2.05 bits per heavy atom. The number of tetrazole rings is 1. The van der Waals surface area contributed by atoms with Gasteiger partial charge in [0.2, 0.25) is 0 Å². The Labute approximate surface area is 114 Å². The van der Waals surface area contributed by atoms with Gasteiger partial charge in [0.15, 0.2) is 5.82 Å². The summed E-state index contributed by atoms with van der Waals surface area (Å²) in [5, 5.41) is 16.2. The second-order valence-electron chi connectivity index (χ2n) is 6.03. The number of rotatable bonds is 2. The highest BCUT2D eigenvalue weighted by Gasteiger charge is 2.34. The third-order valence-electron chi connectivity index (χ3n) is 4.40. The Morgan fingerprint density at radius 1 is 1.21 bits per heavy atom. The zero-order valence-electron chi connectivity index (χ0n) is 11.8. The van der Waals surface area contributed by atoms with Gasteiger partial charge >= 0.3 is 0 Å². The molecule has 19 heavy (non-hydrogen) atoms. The largest absolute Gasteiger partial charge is 0.310 e. The van der Waals surface area contributed by atoms with E-state index in [1.54, 1.807) is 4.80 Å². The lowest BCUT2D eigenvalue weighted by molar-refractivity contribution is 0.157. The average Bonchev–Trinajstić information content (AvgIpc) is 2.71. The number of nitrogens with one attached hydrogen (secondary N) is 1. The van der Waals surface area contributed by atoms with E-state index in [0.717, 1.165) is 32.0 Å². The van der Waals surface area contributed by atoms with Gasteiger partial charge in [-0.15, -0.1) is 10.2 Å². The molecule has 1 saturated carbocycles. The van der Waals surface area contributed by atoms with Gasteiger partial charge in [-0.2, -0.15) is 4.80 Å². The summed E-state index contributed by atoms with van der Waals surface area (Å²) in [6.45, 7) is 4.24. The topological polar surface area (TPSA) is 58.9 Å². The highest BCUT2D eigenvalue weighted by atomic mass is 15.6. The Balaban J connectivity index is 1.67. The van der Waals surface area contributed by atoms with Crippen LogP contribution in [0.25, 0.3) is 0 Å². The summed E-state index contributed by atoms with van der Waals surface area (Å²) in [7, 11) is 1.82. The first-order valence-electron chi connectivity index (χ1n) is 7.46. The summed E-state index contributed by atoms with van der Waals surface area (Å²) in [5.41, 5.74) is 0.344. The zero-order chi connectivity index (χ0) is 13.1. The van der Waals surface area contributed by atoms with Crippen LogP contribution in [0.1, 0.15) is 44.3 Å². The molecule has 0 aromatic carbocycles. The lowest BCUT2D eigenvalue weighted by Gasteiger charge is -2.39. The molecule has 3 rings (SSSR count). The van der Waals surface area contributed by atoms with Crippen LogP contribution in [0.5, 0.6) is 0 Å². The van der Waals surface area contributed by atoms with Crippen LogP contribution in [-0.4, -0.2) is 50.3 Å². The normalized spacial score (nSPS) is 24.5. The maximum Gasteiger partial charge on any atom is 0.188 e. The van der Waals surface area contributed by atoms with E-state index >= 15 is 0 Å². The fourth-order valence-electron chi connectivity index (χ4n) is 3.50. The summed E-state index contributed by atoms with van der Waals surface area (Å²) in [4.78, 5) is 4.05. The van der Waals surface area contributed by atoms with Gasteiger partial charge in [-0.05, 0) is 37.6 Å². The molecule has 1 N–H and O–H groups in total. The fourth-order valence-corrected chi connectivity index (χ4v) is 3.50. The first-order valence-corrected chi connectivity index (χ1v) is 7.46. The standard InChI is InChI=1S/C13H24N6/c1-18-16-12(15-17-18)10-19-9-5-8-14-13(11-19)6-3-2-4-7-13/h14H,2-11H2,1H3. The summed E-state index contributed by atoms with van der Waals surface area (Å²) in [5.74, 6) is 0.843. The molecule has 1 aliphatic carbocycles. The molecule has 0 atom stereocenters. The first kappa shape index (κ1) is 13.0. The van der Waals surface area contributed by atoms with Crippen molar-refractivity contribution >= 4 is 0 Å². The van der Waals surface area contributed by atoms with Crippen molar-refractivity contribution in [1.29, 1.82) is 0 Å². The predicted molar refractivity (Wildman–Crippen MR) is 72.5 cm³/mol. The average molecular weight is 264 g/mol. The van der Waals surface area contributed by atoms with Crippen molar-refractivity contribution < 1.29 is 0 Å². The van der Waals surface area contributed by atoms with E-state index in [4.69, 9.17) is 0 Å². The van der Waals surface area contributed by atoms with Gasteiger partial charge in [-0.1, -0.05) is 19.3 Å². The molecule has 106 valence electrons. The van der Waals surface area contributed by atoms with Crippen LogP contribution in [0.4, 0.5) is 0 Å². The maximum atomic E-state index is 4.30. The number of aromatic nitrogens is 4. The smallest absolute Gasteiger partial charge is 0.188 e. The van der Waals surface area contributed by atoms with E-state index in [2.05, 4.69) is 25.6 Å². The highest BCUT2D eigenvalue weighted by molar-refractivity contribution is 4.96. The van der Waals surface area contributed by atoms with E-state index in [1.807, 2.05) is 7.05 Å². The van der Waals surface area contributed by atoms with Crippen molar-refractivity contribution in [3.05, 3.63) is 5.82 Å². The summed E-state index contributed by atoms with van der Waals surface area (Å²) >= 11 is 0. The Bertz CT molecular complexity index is 409. The Hall–Kier alpha value is -1.01. The molecular weight excluding hydrogens is 240 g/mol. The van der Waals surface area contributed by atoms with Gasteiger partial charge in [0.1, 0.15) is 0 Å². The van der Waals surface area contributed by atoms with Crippen LogP contribution in [0.3, 0.4) is 0 Å². The van der Waals surface area contributed by atoms with E-state index in [1.165, 1.54) is 38.5 Å². The van der Waals surface area contributed by atoms with Crippen molar-refractivity contribution in [1.82, 2.24) is 30.4 Å². The van der Waals surface area contributed by atoms with Crippen molar-refractivity contribution in [2.24, 2.45) is 7.05 Å². The molecule has 2 aliphatic rings. The van der Waals surface area contributed by atoms with Gasteiger partial charge in [-0.3, -0.25) is 4.90 Å². The van der Waals surface area contributed by atoms with Crippen molar-refractivity contribution in [2.75, 3.05) is 19.6 Å². The lowest BCUT2D eigenvalue weighted by Crippen LogP contribution is -2.52. The third-order valence-corrected chi connectivity index (χ3v) is 4.40. The number of aryl methyl sites for hydroxylation is 1. The summed E-state index contributed by atoms with van der Waals surface area (Å²) in [6, 6.07) is 0. The first-order chi connectivity index (χ1) is 9.26. The minimum Gasteiger partial charge on any atom is -0.310 e. The second kappa shape index (κ2) is 5.54. The Kier molecular flexibility index (Phi) is 3.79. The molecular formula is C13H24N6. The zero-order valence-corrected chi connectivity index (χ0v) is 11.8. The quantitative estimate of drug-likeness (QED) is 0.852.